The van der Waals surface area contributed by atoms with Gasteiger partial charge in [-0.2, -0.15) is 0 Å². The highest BCUT2D eigenvalue weighted by Gasteiger charge is 2.30. The van der Waals surface area contributed by atoms with Crippen molar-refractivity contribution in [1.29, 1.82) is 0 Å². The SMILES string of the molecule is CCOC1CC(CC(=O)NCCC(N)=S)C1. The number of hydrogen-bond donors (Lipinski definition) is 2. The minimum atomic E-state index is 0.0937. The smallest absolute Gasteiger partial charge is 0.220 e. The third-order valence-corrected chi connectivity index (χ3v) is 2.97. The van der Waals surface area contributed by atoms with Crippen LogP contribution >= 0.6 is 12.2 Å². The summed E-state index contributed by atoms with van der Waals surface area (Å²) in [6, 6.07) is 0. The molecule has 0 aromatic carbocycles. The van der Waals surface area contributed by atoms with Gasteiger partial charge >= 0.3 is 0 Å². The molecule has 3 N–H and O–H groups in total. The third kappa shape index (κ3) is 4.90. The van der Waals surface area contributed by atoms with Crippen molar-refractivity contribution < 1.29 is 9.53 Å². The lowest BCUT2D eigenvalue weighted by Gasteiger charge is -2.34. The van der Waals surface area contributed by atoms with Gasteiger partial charge in [0.1, 0.15) is 0 Å². The Morgan fingerprint density at radius 2 is 2.25 bits per heavy atom. The van der Waals surface area contributed by atoms with Crippen molar-refractivity contribution >= 4 is 23.1 Å². The van der Waals surface area contributed by atoms with Gasteiger partial charge in [0.15, 0.2) is 0 Å². The number of rotatable bonds is 7. The first-order valence-corrected chi connectivity index (χ1v) is 6.19. The van der Waals surface area contributed by atoms with Gasteiger partial charge in [0.2, 0.25) is 5.91 Å². The predicted molar refractivity (Wildman–Crippen MR) is 67.2 cm³/mol. The number of hydrogen-bond acceptors (Lipinski definition) is 3. The van der Waals surface area contributed by atoms with E-state index in [4.69, 9.17) is 22.7 Å². The van der Waals surface area contributed by atoms with Crippen LogP contribution in [-0.4, -0.2) is 30.2 Å². The van der Waals surface area contributed by atoms with E-state index in [1.165, 1.54) is 0 Å². The monoisotopic (exact) mass is 244 g/mol. The van der Waals surface area contributed by atoms with Gasteiger partial charge in [-0.15, -0.1) is 0 Å². The zero-order valence-corrected chi connectivity index (χ0v) is 10.5. The van der Waals surface area contributed by atoms with Gasteiger partial charge in [-0.1, -0.05) is 12.2 Å². The second kappa shape index (κ2) is 6.81. The Hall–Kier alpha value is -0.680. The highest BCUT2D eigenvalue weighted by atomic mass is 32.1. The Labute approximate surface area is 102 Å². The van der Waals surface area contributed by atoms with Crippen LogP contribution in [0, 0.1) is 5.92 Å². The number of ether oxygens (including phenoxy) is 1. The van der Waals surface area contributed by atoms with Crippen LogP contribution in [0.5, 0.6) is 0 Å². The molecule has 1 amide bonds. The molecule has 0 aliphatic heterocycles. The molecule has 1 saturated carbocycles. The molecule has 0 heterocycles. The molecule has 0 radical (unpaired) electrons. The number of amides is 1. The molecular formula is C11H20N2O2S. The van der Waals surface area contributed by atoms with Crippen molar-refractivity contribution in [2.24, 2.45) is 11.7 Å². The fraction of sp³-hybridized carbons (Fsp3) is 0.818. The highest BCUT2D eigenvalue weighted by molar-refractivity contribution is 7.80. The molecule has 0 unspecified atom stereocenters. The van der Waals surface area contributed by atoms with Crippen molar-refractivity contribution in [3.05, 3.63) is 0 Å². The summed E-state index contributed by atoms with van der Waals surface area (Å²) in [5.41, 5.74) is 5.33. The fourth-order valence-corrected chi connectivity index (χ4v) is 1.97. The van der Waals surface area contributed by atoms with E-state index in [9.17, 15) is 4.79 Å². The first-order chi connectivity index (χ1) is 7.61. The van der Waals surface area contributed by atoms with E-state index < -0.39 is 0 Å². The number of nitrogens with two attached hydrogens (primary N) is 1. The van der Waals surface area contributed by atoms with E-state index in [1.54, 1.807) is 0 Å². The molecule has 4 nitrogen and oxygen atoms in total. The average molecular weight is 244 g/mol. The largest absolute Gasteiger partial charge is 0.393 e. The van der Waals surface area contributed by atoms with Crippen LogP contribution in [0.3, 0.4) is 0 Å². The second-order valence-corrected chi connectivity index (χ2v) is 4.71. The number of carbonyl (C=O) groups excluding carboxylic acids is 1. The van der Waals surface area contributed by atoms with Gasteiger partial charge in [-0.05, 0) is 25.7 Å². The quantitative estimate of drug-likeness (QED) is 0.655. The van der Waals surface area contributed by atoms with E-state index in [0.29, 0.717) is 36.4 Å². The zero-order chi connectivity index (χ0) is 12.0. The first-order valence-electron chi connectivity index (χ1n) is 5.78. The van der Waals surface area contributed by atoms with Gasteiger partial charge < -0.3 is 15.8 Å². The molecule has 1 aliphatic rings. The van der Waals surface area contributed by atoms with Gasteiger partial charge in [0.05, 0.1) is 11.1 Å². The predicted octanol–water partition coefficient (Wildman–Crippen LogP) is 0.984. The van der Waals surface area contributed by atoms with E-state index in [2.05, 4.69) is 5.32 Å². The lowest BCUT2D eigenvalue weighted by atomic mass is 9.80. The second-order valence-electron chi connectivity index (χ2n) is 4.19. The molecule has 1 rings (SSSR count). The van der Waals surface area contributed by atoms with E-state index >= 15 is 0 Å². The minimum absolute atomic E-state index is 0.0937. The molecule has 0 atom stereocenters. The van der Waals surface area contributed by atoms with Crippen molar-refractivity contribution in [1.82, 2.24) is 5.32 Å². The maximum absolute atomic E-state index is 11.5. The maximum atomic E-state index is 11.5. The van der Waals surface area contributed by atoms with Crippen LogP contribution in [0.25, 0.3) is 0 Å². The Bertz CT molecular complexity index is 252. The topological polar surface area (TPSA) is 64.3 Å². The normalized spacial score (nSPS) is 23.6. The lowest BCUT2D eigenvalue weighted by molar-refractivity contribution is -0.124. The molecule has 92 valence electrons. The van der Waals surface area contributed by atoms with Crippen LogP contribution < -0.4 is 11.1 Å². The maximum Gasteiger partial charge on any atom is 0.220 e. The lowest BCUT2D eigenvalue weighted by Crippen LogP contribution is -2.36. The molecule has 1 aliphatic carbocycles. The van der Waals surface area contributed by atoms with Gasteiger partial charge in [-0.3, -0.25) is 4.79 Å². The van der Waals surface area contributed by atoms with Crippen LogP contribution in [-0.2, 0) is 9.53 Å². The summed E-state index contributed by atoms with van der Waals surface area (Å²) < 4.78 is 5.44. The van der Waals surface area contributed by atoms with E-state index in [-0.39, 0.29) is 5.91 Å². The molecular weight excluding hydrogens is 224 g/mol. The molecule has 0 aromatic heterocycles. The molecule has 16 heavy (non-hydrogen) atoms. The zero-order valence-electron chi connectivity index (χ0n) is 9.70. The molecule has 0 saturated heterocycles. The third-order valence-electron chi connectivity index (χ3n) is 2.76. The van der Waals surface area contributed by atoms with Crippen LogP contribution in [0.1, 0.15) is 32.6 Å². The number of nitrogens with one attached hydrogen (secondary N) is 1. The van der Waals surface area contributed by atoms with Gasteiger partial charge in [0.25, 0.3) is 0 Å². The van der Waals surface area contributed by atoms with Crippen molar-refractivity contribution in [2.75, 3.05) is 13.2 Å². The van der Waals surface area contributed by atoms with Gasteiger partial charge in [0, 0.05) is 26.0 Å². The van der Waals surface area contributed by atoms with Crippen LogP contribution in [0.4, 0.5) is 0 Å². The molecule has 0 bridgehead atoms. The fourth-order valence-electron chi connectivity index (χ4n) is 1.87. The summed E-state index contributed by atoms with van der Waals surface area (Å²) in [6.45, 7) is 3.31. The Morgan fingerprint density at radius 1 is 1.56 bits per heavy atom. The highest BCUT2D eigenvalue weighted by Crippen LogP contribution is 2.32. The summed E-state index contributed by atoms with van der Waals surface area (Å²) in [7, 11) is 0. The van der Waals surface area contributed by atoms with Crippen molar-refractivity contribution in [3.63, 3.8) is 0 Å². The minimum Gasteiger partial charge on any atom is -0.393 e. The van der Waals surface area contributed by atoms with Crippen molar-refractivity contribution in [3.8, 4) is 0 Å². The summed E-state index contributed by atoms with van der Waals surface area (Å²) >= 11 is 4.72. The molecule has 5 heteroatoms. The Balaban J connectivity index is 2.01. The summed E-state index contributed by atoms with van der Waals surface area (Å²) in [4.78, 5) is 11.9. The summed E-state index contributed by atoms with van der Waals surface area (Å²) in [6.07, 6.45) is 3.57. The standard InChI is InChI=1S/C11H20N2O2S/c1-2-15-9-5-8(6-9)7-11(14)13-4-3-10(12)16/h8-9H,2-7H2,1H3,(H2,12,16)(H,13,14). The van der Waals surface area contributed by atoms with Gasteiger partial charge in [-0.25, -0.2) is 0 Å². The van der Waals surface area contributed by atoms with E-state index in [0.717, 1.165) is 19.4 Å². The first kappa shape index (κ1) is 13.4. The molecule has 0 spiro atoms. The van der Waals surface area contributed by atoms with Crippen LogP contribution in [0.15, 0.2) is 0 Å². The molecule has 1 fully saturated rings. The van der Waals surface area contributed by atoms with Crippen LogP contribution in [0.2, 0.25) is 0 Å². The molecule has 0 aromatic rings. The Kier molecular flexibility index (Phi) is 5.69. The number of thiocarbonyl (C=S) groups is 1. The van der Waals surface area contributed by atoms with Crippen molar-refractivity contribution in [2.45, 2.75) is 38.7 Å². The average Bonchev–Trinajstić information content (AvgIpc) is 2.14. The Morgan fingerprint density at radius 3 is 2.81 bits per heavy atom. The van der Waals surface area contributed by atoms with E-state index in [1.807, 2.05) is 6.92 Å². The summed E-state index contributed by atoms with van der Waals surface area (Å²) in [5, 5.41) is 2.81. The summed E-state index contributed by atoms with van der Waals surface area (Å²) in [5.74, 6) is 0.581. The number of carbonyl (C=O) groups is 1.